The Bertz CT molecular complexity index is 307. The van der Waals surface area contributed by atoms with Gasteiger partial charge in [-0.05, 0) is 18.8 Å². The van der Waals surface area contributed by atoms with E-state index in [1.165, 1.54) is 0 Å². The minimum Gasteiger partial charge on any atom is -0.345 e. The average molecular weight is 254 g/mol. The van der Waals surface area contributed by atoms with Crippen LogP contribution in [0.25, 0.3) is 0 Å². The molecule has 4 nitrogen and oxygen atoms in total. The molecular formula is C14H26N2O2. The molecule has 1 N–H and O–H groups in total. The third-order valence-electron chi connectivity index (χ3n) is 4.41. The first-order valence-corrected chi connectivity index (χ1v) is 7.14. The second kappa shape index (κ2) is 6.21. The van der Waals surface area contributed by atoms with Crippen molar-refractivity contribution in [3.63, 3.8) is 0 Å². The normalized spacial score (nSPS) is 19.3. The quantitative estimate of drug-likeness (QED) is 0.787. The minimum atomic E-state index is -0.627. The van der Waals surface area contributed by atoms with Gasteiger partial charge in [0.1, 0.15) is 5.54 Å². The van der Waals surface area contributed by atoms with Crippen LogP contribution in [-0.4, -0.2) is 35.3 Å². The molecule has 18 heavy (non-hydrogen) atoms. The molecule has 0 saturated carbocycles. The number of nitrogens with one attached hydrogen (secondary N) is 1. The maximum Gasteiger partial charge on any atom is 0.246 e. The van der Waals surface area contributed by atoms with Crippen LogP contribution < -0.4 is 5.32 Å². The molecule has 0 spiro atoms. The van der Waals surface area contributed by atoms with E-state index in [1.54, 1.807) is 0 Å². The van der Waals surface area contributed by atoms with E-state index in [0.717, 1.165) is 12.8 Å². The molecule has 0 bridgehead atoms. The van der Waals surface area contributed by atoms with Crippen LogP contribution in [0.1, 0.15) is 53.4 Å². The molecule has 1 aliphatic heterocycles. The first kappa shape index (κ1) is 15.0. The number of rotatable bonds is 6. The van der Waals surface area contributed by atoms with Crippen molar-refractivity contribution in [3.05, 3.63) is 0 Å². The summed E-state index contributed by atoms with van der Waals surface area (Å²) in [6.07, 6.45) is 3.46. The Morgan fingerprint density at radius 2 is 1.72 bits per heavy atom. The van der Waals surface area contributed by atoms with Crippen molar-refractivity contribution in [1.82, 2.24) is 10.2 Å². The fraction of sp³-hybridized carbons (Fsp3) is 0.857. The molecule has 1 aliphatic rings. The van der Waals surface area contributed by atoms with Crippen LogP contribution >= 0.6 is 0 Å². The largest absolute Gasteiger partial charge is 0.345 e. The molecule has 0 atom stereocenters. The molecule has 0 radical (unpaired) electrons. The van der Waals surface area contributed by atoms with E-state index in [0.29, 0.717) is 25.3 Å². The zero-order valence-corrected chi connectivity index (χ0v) is 12.1. The fourth-order valence-corrected chi connectivity index (χ4v) is 2.81. The van der Waals surface area contributed by atoms with Crippen LogP contribution in [0, 0.1) is 5.92 Å². The van der Waals surface area contributed by atoms with E-state index in [9.17, 15) is 9.59 Å². The summed E-state index contributed by atoms with van der Waals surface area (Å²) >= 11 is 0. The van der Waals surface area contributed by atoms with E-state index in [2.05, 4.69) is 19.2 Å². The van der Waals surface area contributed by atoms with Gasteiger partial charge in [-0.15, -0.1) is 0 Å². The molecule has 0 unspecified atom stereocenters. The van der Waals surface area contributed by atoms with Gasteiger partial charge in [-0.1, -0.05) is 40.5 Å². The zero-order valence-electron chi connectivity index (χ0n) is 12.1. The molecular weight excluding hydrogens is 228 g/mol. The van der Waals surface area contributed by atoms with Crippen molar-refractivity contribution < 1.29 is 9.59 Å². The molecule has 2 amide bonds. The maximum atomic E-state index is 12.2. The van der Waals surface area contributed by atoms with Gasteiger partial charge in [-0.3, -0.25) is 9.59 Å². The van der Waals surface area contributed by atoms with Gasteiger partial charge in [-0.25, -0.2) is 0 Å². The standard InChI is InChI=1S/C14H26N2O2/c1-5-11(6-2)10-16-12(17)9-15-13(18)14(16,7-3)8-4/h11H,5-10H2,1-4H3,(H,15,18). The molecule has 0 aromatic rings. The number of nitrogens with zero attached hydrogens (tertiary/aromatic N) is 1. The molecule has 104 valence electrons. The van der Waals surface area contributed by atoms with Crippen LogP contribution in [0.15, 0.2) is 0 Å². The Hall–Kier alpha value is -1.06. The minimum absolute atomic E-state index is 0.0121. The predicted molar refractivity (Wildman–Crippen MR) is 72.1 cm³/mol. The highest BCUT2D eigenvalue weighted by Crippen LogP contribution is 2.29. The Kier molecular flexibility index (Phi) is 5.17. The lowest BCUT2D eigenvalue weighted by Gasteiger charge is -2.46. The van der Waals surface area contributed by atoms with Crippen LogP contribution in [-0.2, 0) is 9.59 Å². The summed E-state index contributed by atoms with van der Waals surface area (Å²) < 4.78 is 0. The first-order valence-electron chi connectivity index (χ1n) is 7.14. The topological polar surface area (TPSA) is 49.4 Å². The van der Waals surface area contributed by atoms with Gasteiger partial charge in [0.2, 0.25) is 11.8 Å². The van der Waals surface area contributed by atoms with Gasteiger partial charge in [0.05, 0.1) is 6.54 Å². The van der Waals surface area contributed by atoms with Crippen LogP contribution in [0.3, 0.4) is 0 Å². The number of carbonyl (C=O) groups is 2. The van der Waals surface area contributed by atoms with Gasteiger partial charge in [-0.2, -0.15) is 0 Å². The van der Waals surface area contributed by atoms with Crippen molar-refractivity contribution in [2.75, 3.05) is 13.1 Å². The maximum absolute atomic E-state index is 12.2. The molecule has 4 heteroatoms. The van der Waals surface area contributed by atoms with E-state index < -0.39 is 5.54 Å². The molecule has 1 saturated heterocycles. The molecule has 0 aromatic carbocycles. The highest BCUT2D eigenvalue weighted by Gasteiger charge is 2.46. The van der Waals surface area contributed by atoms with Crippen molar-refractivity contribution in [2.24, 2.45) is 5.92 Å². The van der Waals surface area contributed by atoms with E-state index in [-0.39, 0.29) is 18.4 Å². The molecule has 1 fully saturated rings. The van der Waals surface area contributed by atoms with Gasteiger partial charge < -0.3 is 10.2 Å². The summed E-state index contributed by atoms with van der Waals surface area (Å²) in [5.74, 6) is 0.556. The van der Waals surface area contributed by atoms with Gasteiger partial charge in [0.25, 0.3) is 0 Å². The summed E-state index contributed by atoms with van der Waals surface area (Å²) in [5, 5.41) is 2.73. The lowest BCUT2D eigenvalue weighted by molar-refractivity contribution is -0.155. The van der Waals surface area contributed by atoms with Crippen molar-refractivity contribution in [3.8, 4) is 0 Å². The summed E-state index contributed by atoms with van der Waals surface area (Å²) in [6, 6.07) is 0. The second-order valence-electron chi connectivity index (χ2n) is 5.11. The third-order valence-corrected chi connectivity index (χ3v) is 4.41. The summed E-state index contributed by atoms with van der Waals surface area (Å²) in [7, 11) is 0. The third kappa shape index (κ3) is 2.52. The second-order valence-corrected chi connectivity index (χ2v) is 5.11. The van der Waals surface area contributed by atoms with Crippen LogP contribution in [0.5, 0.6) is 0 Å². The number of hydrogen-bond acceptors (Lipinski definition) is 2. The summed E-state index contributed by atoms with van der Waals surface area (Å²) in [6.45, 7) is 9.12. The SMILES string of the molecule is CCC(CC)CN1C(=O)CNC(=O)C1(CC)CC. The number of carbonyl (C=O) groups excluding carboxylic acids is 2. The molecule has 0 aliphatic carbocycles. The smallest absolute Gasteiger partial charge is 0.246 e. The van der Waals surface area contributed by atoms with E-state index in [1.807, 2.05) is 18.7 Å². The zero-order chi connectivity index (χ0) is 13.8. The summed E-state index contributed by atoms with van der Waals surface area (Å²) in [5.41, 5.74) is -0.627. The Balaban J connectivity index is 2.99. The lowest BCUT2D eigenvalue weighted by Crippen LogP contribution is -2.67. The Morgan fingerprint density at radius 3 is 2.17 bits per heavy atom. The van der Waals surface area contributed by atoms with Crippen molar-refractivity contribution in [2.45, 2.75) is 58.9 Å². The van der Waals surface area contributed by atoms with Gasteiger partial charge in [0.15, 0.2) is 0 Å². The monoisotopic (exact) mass is 254 g/mol. The molecule has 0 aromatic heterocycles. The summed E-state index contributed by atoms with van der Waals surface area (Å²) in [4.78, 5) is 26.2. The van der Waals surface area contributed by atoms with Crippen molar-refractivity contribution in [1.29, 1.82) is 0 Å². The fourth-order valence-electron chi connectivity index (χ4n) is 2.81. The molecule has 1 rings (SSSR count). The van der Waals surface area contributed by atoms with Crippen LogP contribution in [0.2, 0.25) is 0 Å². The Labute approximate surface area is 110 Å². The number of hydrogen-bond donors (Lipinski definition) is 1. The van der Waals surface area contributed by atoms with E-state index >= 15 is 0 Å². The highest BCUT2D eigenvalue weighted by molar-refractivity contribution is 5.97. The predicted octanol–water partition coefficient (Wildman–Crippen LogP) is 1.94. The average Bonchev–Trinajstić information content (AvgIpc) is 2.40. The van der Waals surface area contributed by atoms with Gasteiger partial charge in [0, 0.05) is 6.54 Å². The number of piperazine rings is 1. The van der Waals surface area contributed by atoms with Crippen molar-refractivity contribution >= 4 is 11.8 Å². The first-order chi connectivity index (χ1) is 8.55. The van der Waals surface area contributed by atoms with Crippen LogP contribution in [0.4, 0.5) is 0 Å². The van der Waals surface area contributed by atoms with Gasteiger partial charge >= 0.3 is 0 Å². The molecule has 1 heterocycles. The highest BCUT2D eigenvalue weighted by atomic mass is 16.2. The number of amides is 2. The Morgan fingerprint density at radius 1 is 1.17 bits per heavy atom. The lowest BCUT2D eigenvalue weighted by atomic mass is 9.86. The van der Waals surface area contributed by atoms with E-state index in [4.69, 9.17) is 0 Å².